The number of carbonyl (C=O) groups excluding carboxylic acids is 2. The van der Waals surface area contributed by atoms with E-state index in [0.29, 0.717) is 45.6 Å². The van der Waals surface area contributed by atoms with Gasteiger partial charge in [-0.15, -0.1) is 0 Å². The number of phenols is 3. The highest BCUT2D eigenvalue weighted by atomic mass is 16.5. The Bertz CT molecular complexity index is 1400. The third-order valence-electron chi connectivity index (χ3n) is 9.60. The predicted octanol–water partition coefficient (Wildman–Crippen LogP) is 2.58. The molecular formula is C31H37NO9. The Labute approximate surface area is 238 Å². The van der Waals surface area contributed by atoms with Crippen LogP contribution in [0.2, 0.25) is 0 Å². The number of hydrogen-bond donors (Lipinski definition) is 5. The molecule has 2 fully saturated rings. The predicted molar refractivity (Wildman–Crippen MR) is 147 cm³/mol. The molecule has 1 aliphatic heterocycles. The molecule has 0 spiro atoms. The van der Waals surface area contributed by atoms with E-state index in [0.717, 1.165) is 0 Å². The number of benzene rings is 2. The second-order valence-electron chi connectivity index (χ2n) is 12.1. The van der Waals surface area contributed by atoms with Gasteiger partial charge in [0.1, 0.15) is 17.2 Å². The van der Waals surface area contributed by atoms with Crippen molar-refractivity contribution >= 4 is 11.6 Å². The van der Waals surface area contributed by atoms with Gasteiger partial charge in [-0.05, 0) is 31.2 Å². The van der Waals surface area contributed by atoms with Crippen LogP contribution in [0.3, 0.4) is 0 Å². The maximum Gasteiger partial charge on any atom is 0.202 e. The molecule has 10 nitrogen and oxygen atoms in total. The molecule has 0 radical (unpaired) electrons. The lowest BCUT2D eigenvalue weighted by Crippen LogP contribution is -2.55. The van der Waals surface area contributed by atoms with Crippen molar-refractivity contribution in [2.24, 2.45) is 5.92 Å². The van der Waals surface area contributed by atoms with E-state index in [-0.39, 0.29) is 70.0 Å². The summed E-state index contributed by atoms with van der Waals surface area (Å²) in [6.45, 7) is 6.37. The molecule has 1 saturated heterocycles. The summed E-state index contributed by atoms with van der Waals surface area (Å²) in [5.74, 6) is -2.84. The van der Waals surface area contributed by atoms with Crippen LogP contribution >= 0.6 is 0 Å². The number of fused-ring (bicyclic) bond motifs is 3. The lowest BCUT2D eigenvalue weighted by atomic mass is 9.72. The van der Waals surface area contributed by atoms with Gasteiger partial charge in [-0.25, -0.2) is 0 Å². The molecule has 6 atom stereocenters. The van der Waals surface area contributed by atoms with Gasteiger partial charge in [0, 0.05) is 48.7 Å². The highest BCUT2D eigenvalue weighted by Gasteiger charge is 2.47. The fourth-order valence-corrected chi connectivity index (χ4v) is 7.28. The number of carbonyl (C=O) groups is 2. The fraction of sp³-hybridized carbons (Fsp3) is 0.548. The van der Waals surface area contributed by atoms with Crippen LogP contribution < -0.4 is 0 Å². The maximum absolute atomic E-state index is 13.6. The Morgan fingerprint density at radius 2 is 1.73 bits per heavy atom. The molecule has 3 aliphatic carbocycles. The molecular weight excluding hydrogens is 530 g/mol. The fourth-order valence-electron chi connectivity index (χ4n) is 7.28. The minimum absolute atomic E-state index is 0.0318. The van der Waals surface area contributed by atoms with Crippen molar-refractivity contribution < 1.29 is 44.6 Å². The number of ether oxygens (including phenoxy) is 2. The Morgan fingerprint density at radius 3 is 2.44 bits per heavy atom. The Kier molecular flexibility index (Phi) is 7.10. The zero-order chi connectivity index (χ0) is 29.2. The quantitative estimate of drug-likeness (QED) is 0.297. The summed E-state index contributed by atoms with van der Waals surface area (Å²) in [6, 6.07) is 3.98. The van der Waals surface area contributed by atoms with Gasteiger partial charge in [0.2, 0.25) is 5.78 Å². The van der Waals surface area contributed by atoms with Crippen molar-refractivity contribution in [2.45, 2.75) is 75.9 Å². The molecule has 2 aromatic rings. The Balaban J connectivity index is 1.42. The third-order valence-corrected chi connectivity index (χ3v) is 9.60. The van der Waals surface area contributed by atoms with Gasteiger partial charge >= 0.3 is 0 Å². The summed E-state index contributed by atoms with van der Waals surface area (Å²) in [4.78, 5) is 29.3. The van der Waals surface area contributed by atoms with Gasteiger partial charge in [0.25, 0.3) is 0 Å². The molecule has 6 rings (SSSR count). The maximum atomic E-state index is 13.6. The van der Waals surface area contributed by atoms with Gasteiger partial charge in [-0.3, -0.25) is 14.5 Å². The molecule has 0 aromatic heterocycles. The molecule has 0 amide bonds. The van der Waals surface area contributed by atoms with Crippen molar-refractivity contribution in [3.63, 3.8) is 0 Å². The Hall–Kier alpha value is -3.02. The van der Waals surface area contributed by atoms with E-state index < -0.39 is 40.9 Å². The number of ketones is 2. The molecule has 41 heavy (non-hydrogen) atoms. The molecule has 1 saturated carbocycles. The number of hydrogen-bond acceptors (Lipinski definition) is 10. The first kappa shape index (κ1) is 28.1. The number of aromatic hydroxyl groups is 3. The van der Waals surface area contributed by atoms with E-state index in [4.69, 9.17) is 9.47 Å². The summed E-state index contributed by atoms with van der Waals surface area (Å²) < 4.78 is 12.1. The van der Waals surface area contributed by atoms with E-state index in [1.54, 1.807) is 0 Å². The van der Waals surface area contributed by atoms with Crippen molar-refractivity contribution in [3.8, 4) is 17.2 Å². The number of aliphatic hydroxyl groups excluding tert-OH is 1. The van der Waals surface area contributed by atoms with Crippen molar-refractivity contribution in [1.29, 1.82) is 0 Å². The monoisotopic (exact) mass is 567 g/mol. The van der Waals surface area contributed by atoms with Crippen LogP contribution in [0.1, 0.15) is 88.6 Å². The average Bonchev–Trinajstić information content (AvgIpc) is 2.95. The third kappa shape index (κ3) is 4.53. The number of aliphatic hydroxyl groups is 2. The molecule has 5 N–H and O–H groups in total. The van der Waals surface area contributed by atoms with Gasteiger partial charge in [0.15, 0.2) is 5.78 Å². The normalized spacial score (nSPS) is 31.9. The highest BCUT2D eigenvalue weighted by molar-refractivity contribution is 6.31. The summed E-state index contributed by atoms with van der Waals surface area (Å²) >= 11 is 0. The minimum atomic E-state index is -1.28. The zero-order valence-corrected chi connectivity index (χ0v) is 23.3. The van der Waals surface area contributed by atoms with Crippen molar-refractivity contribution in [1.82, 2.24) is 4.90 Å². The minimum Gasteiger partial charge on any atom is -0.507 e. The summed E-state index contributed by atoms with van der Waals surface area (Å²) in [5.41, 5.74) is -1.89. The first-order chi connectivity index (χ1) is 19.5. The van der Waals surface area contributed by atoms with Gasteiger partial charge in [-0.2, -0.15) is 0 Å². The summed E-state index contributed by atoms with van der Waals surface area (Å²) in [5, 5.41) is 56.0. The number of nitrogens with zero attached hydrogens (tertiary/aromatic N) is 1. The molecule has 0 unspecified atom stereocenters. The molecule has 2 aromatic carbocycles. The lowest BCUT2D eigenvalue weighted by Gasteiger charge is -2.46. The van der Waals surface area contributed by atoms with Gasteiger partial charge < -0.3 is 35.0 Å². The van der Waals surface area contributed by atoms with Crippen LogP contribution in [0, 0.1) is 5.92 Å². The van der Waals surface area contributed by atoms with Gasteiger partial charge in [0.05, 0.1) is 53.8 Å². The largest absolute Gasteiger partial charge is 0.507 e. The van der Waals surface area contributed by atoms with E-state index in [1.165, 1.54) is 18.2 Å². The van der Waals surface area contributed by atoms with E-state index in [9.17, 15) is 35.1 Å². The topological polar surface area (TPSA) is 157 Å². The SMILES string of the molecule is CC[C@]1(O)Cc2c(O)c3c(c(O)c2[C@@H](O[C@@H]2C[C@@H](C)[C@@H](O)[C@@H](N4CCOCC4)C2)C1)C(=O)c1c(O)cccc1C3=O. The zero-order valence-electron chi connectivity index (χ0n) is 23.3. The van der Waals surface area contributed by atoms with Crippen LogP contribution in [0.25, 0.3) is 0 Å². The smallest absolute Gasteiger partial charge is 0.202 e. The van der Waals surface area contributed by atoms with E-state index >= 15 is 0 Å². The molecule has 0 bridgehead atoms. The standard InChI is InChI=1S/C31H37NO9/c1-3-31(39)13-18-23(21(14-31)41-16-11-15(2)26(34)19(12-16)32-7-9-40-10-8-32)30(38)25-24(28(18)36)27(35)17-5-4-6-20(33)22(17)29(25)37/h4-6,15-16,19,21,26,33-34,36,38-39H,3,7-14H2,1-2H3/t15-,16-,19+,21+,26-,31+/m1/s1. The van der Waals surface area contributed by atoms with Crippen LogP contribution in [0.4, 0.5) is 0 Å². The second kappa shape index (κ2) is 10.4. The van der Waals surface area contributed by atoms with Crippen molar-refractivity contribution in [2.75, 3.05) is 26.3 Å². The van der Waals surface area contributed by atoms with Crippen LogP contribution in [-0.4, -0.2) is 92.2 Å². The second-order valence-corrected chi connectivity index (χ2v) is 12.1. The van der Waals surface area contributed by atoms with E-state index in [1.807, 2.05) is 13.8 Å². The average molecular weight is 568 g/mol. The number of phenolic OH excluding ortho intramolecular Hbond substituents is 3. The first-order valence-electron chi connectivity index (χ1n) is 14.4. The summed E-state index contributed by atoms with van der Waals surface area (Å²) in [6.07, 6.45) is -0.266. The molecule has 4 aliphatic rings. The van der Waals surface area contributed by atoms with Crippen LogP contribution in [-0.2, 0) is 15.9 Å². The molecule has 1 heterocycles. The van der Waals surface area contributed by atoms with Gasteiger partial charge in [-0.1, -0.05) is 26.0 Å². The van der Waals surface area contributed by atoms with E-state index in [2.05, 4.69) is 4.90 Å². The molecule has 220 valence electrons. The number of rotatable bonds is 4. The number of morpholine rings is 1. The molecule has 10 heteroatoms. The highest BCUT2D eigenvalue weighted by Crippen LogP contribution is 2.53. The lowest BCUT2D eigenvalue weighted by molar-refractivity contribution is -0.132. The summed E-state index contributed by atoms with van der Waals surface area (Å²) in [7, 11) is 0. The first-order valence-corrected chi connectivity index (χ1v) is 14.4. The van der Waals surface area contributed by atoms with Crippen molar-refractivity contribution in [3.05, 3.63) is 51.6 Å². The Morgan fingerprint density at radius 1 is 1.02 bits per heavy atom. The van der Waals surface area contributed by atoms with Crippen LogP contribution in [0.15, 0.2) is 18.2 Å². The van der Waals surface area contributed by atoms with Crippen LogP contribution in [0.5, 0.6) is 17.2 Å².